The first-order valence-corrected chi connectivity index (χ1v) is 6.29. The van der Waals surface area contributed by atoms with Crippen molar-refractivity contribution < 1.29 is 4.74 Å². The summed E-state index contributed by atoms with van der Waals surface area (Å²) < 4.78 is 5.73. The topological polar surface area (TPSA) is 37.4 Å². The molecule has 102 valence electrons. The Labute approximate surface area is 110 Å². The van der Waals surface area contributed by atoms with Crippen LogP contribution in [0.4, 0.5) is 0 Å². The summed E-state index contributed by atoms with van der Waals surface area (Å²) in [6.07, 6.45) is 1.90. The Morgan fingerprint density at radius 2 is 2.06 bits per heavy atom. The van der Waals surface area contributed by atoms with E-state index in [1.165, 1.54) is 5.56 Å². The summed E-state index contributed by atoms with van der Waals surface area (Å²) in [7, 11) is 6.06. The first kappa shape index (κ1) is 15.1. The van der Waals surface area contributed by atoms with Crippen molar-refractivity contribution in [3.63, 3.8) is 0 Å². The van der Waals surface area contributed by atoms with Gasteiger partial charge in [-0.3, -0.25) is 4.98 Å². The second-order valence-corrected chi connectivity index (χ2v) is 5.39. The van der Waals surface area contributed by atoms with Crippen LogP contribution in [0.2, 0.25) is 0 Å². The Kier molecular flexibility index (Phi) is 5.72. The van der Waals surface area contributed by atoms with Gasteiger partial charge in [-0.15, -0.1) is 0 Å². The van der Waals surface area contributed by atoms with Crippen LogP contribution in [0.3, 0.4) is 0 Å². The molecule has 0 atom stereocenters. The van der Waals surface area contributed by atoms with Crippen molar-refractivity contribution in [2.75, 3.05) is 27.7 Å². The van der Waals surface area contributed by atoms with Crippen LogP contribution < -0.4 is 5.32 Å². The van der Waals surface area contributed by atoms with Crippen LogP contribution in [0, 0.1) is 0 Å². The van der Waals surface area contributed by atoms with Crippen molar-refractivity contribution in [3.8, 4) is 0 Å². The van der Waals surface area contributed by atoms with Gasteiger partial charge in [0.15, 0.2) is 0 Å². The van der Waals surface area contributed by atoms with Crippen molar-refractivity contribution in [1.82, 2.24) is 15.2 Å². The maximum atomic E-state index is 5.73. The number of rotatable bonds is 7. The molecule has 0 radical (unpaired) electrons. The van der Waals surface area contributed by atoms with Crippen LogP contribution in [-0.2, 0) is 17.9 Å². The standard InChI is InChI=1S/C14H25N3O/c1-14(2,17(4)5)11-18-10-13-7-6-12(8-15-3)9-16-13/h6-7,9,15H,8,10-11H2,1-5H3. The Hall–Kier alpha value is -0.970. The molecule has 0 fully saturated rings. The van der Waals surface area contributed by atoms with Crippen LogP contribution in [-0.4, -0.2) is 43.2 Å². The molecule has 0 aliphatic carbocycles. The Balaban J connectivity index is 2.40. The predicted octanol–water partition coefficient (Wildman–Crippen LogP) is 1.66. The third-order valence-electron chi connectivity index (χ3n) is 3.18. The van der Waals surface area contributed by atoms with E-state index in [4.69, 9.17) is 4.74 Å². The summed E-state index contributed by atoms with van der Waals surface area (Å²) in [6, 6.07) is 4.11. The molecule has 0 aliphatic rings. The number of hydrogen-bond acceptors (Lipinski definition) is 4. The number of hydrogen-bond donors (Lipinski definition) is 1. The summed E-state index contributed by atoms with van der Waals surface area (Å²) in [4.78, 5) is 6.55. The molecule has 0 aromatic carbocycles. The summed E-state index contributed by atoms with van der Waals surface area (Å²) >= 11 is 0. The highest BCUT2D eigenvalue weighted by atomic mass is 16.5. The molecule has 0 amide bonds. The van der Waals surface area contributed by atoms with E-state index >= 15 is 0 Å². The molecule has 0 unspecified atom stereocenters. The fourth-order valence-corrected chi connectivity index (χ4v) is 1.38. The highest BCUT2D eigenvalue weighted by molar-refractivity contribution is 5.13. The van der Waals surface area contributed by atoms with Gasteiger partial charge in [0.1, 0.15) is 0 Å². The van der Waals surface area contributed by atoms with Crippen LogP contribution in [0.1, 0.15) is 25.1 Å². The highest BCUT2D eigenvalue weighted by Crippen LogP contribution is 2.11. The van der Waals surface area contributed by atoms with Crippen LogP contribution in [0.15, 0.2) is 18.3 Å². The van der Waals surface area contributed by atoms with Crippen molar-refractivity contribution in [3.05, 3.63) is 29.6 Å². The molecule has 0 saturated carbocycles. The first-order valence-electron chi connectivity index (χ1n) is 6.29. The lowest BCUT2D eigenvalue weighted by molar-refractivity contribution is 0.0262. The SMILES string of the molecule is CNCc1ccc(COCC(C)(C)N(C)C)nc1. The summed E-state index contributed by atoms with van der Waals surface area (Å²) in [5.41, 5.74) is 2.21. The number of nitrogens with zero attached hydrogens (tertiary/aromatic N) is 2. The van der Waals surface area contributed by atoms with Crippen LogP contribution in [0.5, 0.6) is 0 Å². The minimum atomic E-state index is 0.0477. The third kappa shape index (κ3) is 4.72. The molecule has 1 N–H and O–H groups in total. The number of aromatic nitrogens is 1. The van der Waals surface area contributed by atoms with E-state index in [0.29, 0.717) is 13.2 Å². The number of nitrogens with one attached hydrogen (secondary N) is 1. The Morgan fingerprint density at radius 1 is 1.33 bits per heavy atom. The van der Waals surface area contributed by atoms with Gasteiger partial charge in [0.25, 0.3) is 0 Å². The number of likely N-dealkylation sites (N-methyl/N-ethyl adjacent to an activating group) is 1. The van der Waals surface area contributed by atoms with Gasteiger partial charge in [-0.1, -0.05) is 6.07 Å². The van der Waals surface area contributed by atoms with E-state index < -0.39 is 0 Å². The highest BCUT2D eigenvalue weighted by Gasteiger charge is 2.20. The summed E-state index contributed by atoms with van der Waals surface area (Å²) in [6.45, 7) is 6.44. The molecule has 1 aromatic heterocycles. The smallest absolute Gasteiger partial charge is 0.0888 e. The zero-order valence-electron chi connectivity index (χ0n) is 12.2. The van der Waals surface area contributed by atoms with Crippen molar-refractivity contribution >= 4 is 0 Å². The average Bonchev–Trinajstić information content (AvgIpc) is 2.31. The summed E-state index contributed by atoms with van der Waals surface area (Å²) in [5, 5.41) is 3.10. The minimum absolute atomic E-state index is 0.0477. The lowest BCUT2D eigenvalue weighted by Crippen LogP contribution is -2.42. The van der Waals surface area contributed by atoms with E-state index in [0.717, 1.165) is 12.2 Å². The van der Waals surface area contributed by atoms with E-state index in [1.807, 2.05) is 19.3 Å². The van der Waals surface area contributed by atoms with Crippen molar-refractivity contribution in [1.29, 1.82) is 0 Å². The first-order chi connectivity index (χ1) is 8.45. The maximum Gasteiger partial charge on any atom is 0.0888 e. The molecule has 0 bridgehead atoms. The third-order valence-corrected chi connectivity index (χ3v) is 3.18. The molecule has 0 spiro atoms. The van der Waals surface area contributed by atoms with Gasteiger partial charge < -0.3 is 15.0 Å². The number of ether oxygens (including phenoxy) is 1. The normalized spacial score (nSPS) is 12.1. The second kappa shape index (κ2) is 6.83. The number of pyridine rings is 1. The van der Waals surface area contributed by atoms with Gasteiger partial charge in [0.2, 0.25) is 0 Å². The zero-order valence-corrected chi connectivity index (χ0v) is 12.2. The summed E-state index contributed by atoms with van der Waals surface area (Å²) in [5.74, 6) is 0. The van der Waals surface area contributed by atoms with E-state index in [-0.39, 0.29) is 5.54 Å². The Bertz CT molecular complexity index is 347. The monoisotopic (exact) mass is 251 g/mol. The lowest BCUT2D eigenvalue weighted by Gasteiger charge is -2.32. The van der Waals surface area contributed by atoms with Crippen molar-refractivity contribution in [2.24, 2.45) is 0 Å². The Morgan fingerprint density at radius 3 is 2.56 bits per heavy atom. The van der Waals surface area contributed by atoms with Gasteiger partial charge in [-0.2, -0.15) is 0 Å². The van der Waals surface area contributed by atoms with Gasteiger partial charge in [0.05, 0.1) is 18.9 Å². The predicted molar refractivity (Wildman–Crippen MR) is 74.4 cm³/mol. The van der Waals surface area contributed by atoms with E-state index in [2.05, 4.69) is 49.2 Å². The van der Waals surface area contributed by atoms with E-state index in [1.54, 1.807) is 0 Å². The average molecular weight is 251 g/mol. The van der Waals surface area contributed by atoms with Gasteiger partial charge in [-0.25, -0.2) is 0 Å². The second-order valence-electron chi connectivity index (χ2n) is 5.39. The molecule has 4 nitrogen and oxygen atoms in total. The fraction of sp³-hybridized carbons (Fsp3) is 0.643. The zero-order chi connectivity index (χ0) is 13.6. The van der Waals surface area contributed by atoms with Gasteiger partial charge in [-0.05, 0) is 46.6 Å². The largest absolute Gasteiger partial charge is 0.373 e. The minimum Gasteiger partial charge on any atom is -0.373 e. The molecule has 1 aromatic rings. The van der Waals surface area contributed by atoms with Crippen molar-refractivity contribution in [2.45, 2.75) is 32.5 Å². The molecule has 18 heavy (non-hydrogen) atoms. The molecule has 0 aliphatic heterocycles. The quantitative estimate of drug-likeness (QED) is 0.800. The van der Waals surface area contributed by atoms with Gasteiger partial charge in [0, 0.05) is 18.3 Å². The molecular formula is C14H25N3O. The van der Waals surface area contributed by atoms with Crippen LogP contribution in [0.25, 0.3) is 0 Å². The fourth-order valence-electron chi connectivity index (χ4n) is 1.38. The molecule has 4 heteroatoms. The van der Waals surface area contributed by atoms with Gasteiger partial charge >= 0.3 is 0 Å². The maximum absolute atomic E-state index is 5.73. The lowest BCUT2D eigenvalue weighted by atomic mass is 10.1. The van der Waals surface area contributed by atoms with E-state index in [9.17, 15) is 0 Å². The molecule has 1 heterocycles. The molecule has 0 saturated heterocycles. The molecular weight excluding hydrogens is 226 g/mol. The van der Waals surface area contributed by atoms with Crippen LogP contribution >= 0.6 is 0 Å². The molecule has 1 rings (SSSR count).